The monoisotopic (exact) mass is 345 g/mol. The van der Waals surface area contributed by atoms with Gasteiger partial charge < -0.3 is 24.7 Å². The average Bonchev–Trinajstić information content (AvgIpc) is 2.66. The van der Waals surface area contributed by atoms with E-state index in [2.05, 4.69) is 0 Å². The predicted molar refractivity (Wildman–Crippen MR) is 99.2 cm³/mol. The number of ether oxygens (including phenoxy) is 4. The van der Waals surface area contributed by atoms with E-state index in [1.54, 1.807) is 21.3 Å². The molecule has 0 radical (unpaired) electrons. The van der Waals surface area contributed by atoms with E-state index in [0.29, 0.717) is 13.2 Å². The van der Waals surface area contributed by atoms with E-state index in [9.17, 15) is 0 Å². The van der Waals surface area contributed by atoms with Gasteiger partial charge in [-0.15, -0.1) is 0 Å². The van der Waals surface area contributed by atoms with E-state index in [-0.39, 0.29) is 5.92 Å². The van der Waals surface area contributed by atoms with Crippen LogP contribution in [0.4, 0.5) is 0 Å². The molecule has 0 aliphatic rings. The highest BCUT2D eigenvalue weighted by atomic mass is 16.5. The molecule has 0 spiro atoms. The highest BCUT2D eigenvalue weighted by molar-refractivity contribution is 5.49. The van der Waals surface area contributed by atoms with Gasteiger partial charge in [-0.1, -0.05) is 18.2 Å². The molecule has 2 aromatic rings. The van der Waals surface area contributed by atoms with Gasteiger partial charge >= 0.3 is 0 Å². The fraction of sp³-hybridized carbons (Fsp3) is 0.400. The molecular weight excluding hydrogens is 318 g/mol. The Bertz CT molecular complexity index is 687. The summed E-state index contributed by atoms with van der Waals surface area (Å²) in [7, 11) is 4.94. The van der Waals surface area contributed by atoms with Crippen LogP contribution in [0.2, 0.25) is 0 Å². The standard InChI is InChI=1S/C20H27NO4/c1-5-25-20-14(7-6-8-18(20)23-3)11-15(13-21)17-10-9-16(22-2)12-19(17)24-4/h6-10,12,15H,5,11,13,21H2,1-4H3. The van der Waals surface area contributed by atoms with E-state index in [0.717, 1.165) is 40.5 Å². The lowest BCUT2D eigenvalue weighted by Crippen LogP contribution is -2.16. The first-order chi connectivity index (χ1) is 12.2. The van der Waals surface area contributed by atoms with Gasteiger partial charge in [0.25, 0.3) is 0 Å². The van der Waals surface area contributed by atoms with Gasteiger partial charge in [0, 0.05) is 12.0 Å². The van der Waals surface area contributed by atoms with Crippen LogP contribution in [0, 0.1) is 0 Å². The summed E-state index contributed by atoms with van der Waals surface area (Å²) < 4.78 is 22.1. The van der Waals surface area contributed by atoms with Crippen LogP contribution in [0.15, 0.2) is 36.4 Å². The van der Waals surface area contributed by atoms with Crippen LogP contribution >= 0.6 is 0 Å². The van der Waals surface area contributed by atoms with Crippen LogP contribution in [0.1, 0.15) is 24.0 Å². The summed E-state index contributed by atoms with van der Waals surface area (Å²) in [6, 6.07) is 11.7. The third kappa shape index (κ3) is 4.37. The summed E-state index contributed by atoms with van der Waals surface area (Å²) in [4.78, 5) is 0. The van der Waals surface area contributed by atoms with Crippen molar-refractivity contribution in [1.82, 2.24) is 0 Å². The van der Waals surface area contributed by atoms with Gasteiger partial charge in [0.2, 0.25) is 0 Å². The van der Waals surface area contributed by atoms with Crippen LogP contribution in [-0.2, 0) is 6.42 Å². The first-order valence-corrected chi connectivity index (χ1v) is 8.39. The molecule has 1 unspecified atom stereocenters. The highest BCUT2D eigenvalue weighted by Gasteiger charge is 2.20. The topological polar surface area (TPSA) is 62.9 Å². The van der Waals surface area contributed by atoms with E-state index >= 15 is 0 Å². The van der Waals surface area contributed by atoms with Crippen molar-refractivity contribution in [3.8, 4) is 23.0 Å². The van der Waals surface area contributed by atoms with E-state index in [1.807, 2.05) is 43.3 Å². The fourth-order valence-corrected chi connectivity index (χ4v) is 2.93. The number of methoxy groups -OCH3 is 3. The molecule has 2 aromatic carbocycles. The van der Waals surface area contributed by atoms with E-state index in [1.165, 1.54) is 0 Å². The lowest BCUT2D eigenvalue weighted by Gasteiger charge is -2.21. The molecule has 0 bridgehead atoms. The second kappa shape index (κ2) is 9.18. The molecule has 2 N–H and O–H groups in total. The zero-order valence-electron chi connectivity index (χ0n) is 15.4. The number of benzene rings is 2. The molecule has 0 aliphatic carbocycles. The number of rotatable bonds is 9. The highest BCUT2D eigenvalue weighted by Crippen LogP contribution is 2.37. The molecule has 136 valence electrons. The molecule has 0 saturated carbocycles. The van der Waals surface area contributed by atoms with Gasteiger partial charge in [-0.3, -0.25) is 0 Å². The van der Waals surface area contributed by atoms with Crippen LogP contribution in [0.25, 0.3) is 0 Å². The minimum Gasteiger partial charge on any atom is -0.497 e. The predicted octanol–water partition coefficient (Wildman–Crippen LogP) is 3.40. The van der Waals surface area contributed by atoms with Crippen LogP contribution < -0.4 is 24.7 Å². The minimum absolute atomic E-state index is 0.0900. The second-order valence-electron chi connectivity index (χ2n) is 5.63. The molecule has 0 amide bonds. The largest absolute Gasteiger partial charge is 0.497 e. The van der Waals surface area contributed by atoms with Gasteiger partial charge in [0.1, 0.15) is 11.5 Å². The van der Waals surface area contributed by atoms with Gasteiger partial charge in [0.05, 0.1) is 27.9 Å². The zero-order chi connectivity index (χ0) is 18.2. The maximum Gasteiger partial charge on any atom is 0.164 e. The smallest absolute Gasteiger partial charge is 0.164 e. The summed E-state index contributed by atoms with van der Waals surface area (Å²) in [5, 5.41) is 0. The number of para-hydroxylation sites is 1. The third-order valence-corrected chi connectivity index (χ3v) is 4.20. The fourth-order valence-electron chi connectivity index (χ4n) is 2.93. The molecule has 5 nitrogen and oxygen atoms in total. The lowest BCUT2D eigenvalue weighted by atomic mass is 9.90. The van der Waals surface area contributed by atoms with Crippen LogP contribution in [0.3, 0.4) is 0 Å². The third-order valence-electron chi connectivity index (χ3n) is 4.20. The Hall–Kier alpha value is -2.40. The molecule has 2 rings (SSSR count). The number of nitrogens with two attached hydrogens (primary N) is 1. The maximum absolute atomic E-state index is 6.08. The van der Waals surface area contributed by atoms with Crippen molar-refractivity contribution < 1.29 is 18.9 Å². The summed E-state index contributed by atoms with van der Waals surface area (Å²) in [6.07, 6.45) is 0.728. The van der Waals surface area contributed by atoms with Gasteiger partial charge in [0.15, 0.2) is 11.5 Å². The minimum atomic E-state index is 0.0900. The molecule has 5 heteroatoms. The molecule has 0 saturated heterocycles. The molecular formula is C20H27NO4. The zero-order valence-corrected chi connectivity index (χ0v) is 15.4. The average molecular weight is 345 g/mol. The van der Waals surface area contributed by atoms with Crippen LogP contribution in [-0.4, -0.2) is 34.5 Å². The Morgan fingerprint density at radius 3 is 2.32 bits per heavy atom. The van der Waals surface area contributed by atoms with Gasteiger partial charge in [-0.05, 0) is 43.1 Å². The van der Waals surface area contributed by atoms with Crippen molar-refractivity contribution in [2.45, 2.75) is 19.3 Å². The Morgan fingerprint density at radius 2 is 1.72 bits per heavy atom. The normalized spacial score (nSPS) is 11.7. The van der Waals surface area contributed by atoms with Crippen molar-refractivity contribution >= 4 is 0 Å². The molecule has 0 fully saturated rings. The van der Waals surface area contributed by atoms with Crippen molar-refractivity contribution in [3.05, 3.63) is 47.5 Å². The summed E-state index contributed by atoms with van der Waals surface area (Å²) >= 11 is 0. The van der Waals surface area contributed by atoms with Crippen LogP contribution in [0.5, 0.6) is 23.0 Å². The van der Waals surface area contributed by atoms with Gasteiger partial charge in [-0.2, -0.15) is 0 Å². The SMILES string of the molecule is CCOc1c(CC(CN)c2ccc(OC)cc2OC)cccc1OC. The molecule has 0 aromatic heterocycles. The quantitative estimate of drug-likeness (QED) is 0.755. The summed E-state index contributed by atoms with van der Waals surface area (Å²) in [5.41, 5.74) is 8.20. The Balaban J connectivity index is 2.37. The molecule has 25 heavy (non-hydrogen) atoms. The lowest BCUT2D eigenvalue weighted by molar-refractivity contribution is 0.307. The molecule has 0 aliphatic heterocycles. The summed E-state index contributed by atoms with van der Waals surface area (Å²) in [5.74, 6) is 3.13. The molecule has 1 atom stereocenters. The first-order valence-electron chi connectivity index (χ1n) is 8.39. The molecule has 0 heterocycles. The second-order valence-corrected chi connectivity index (χ2v) is 5.63. The van der Waals surface area contributed by atoms with Gasteiger partial charge in [-0.25, -0.2) is 0 Å². The first kappa shape index (κ1) is 18.9. The number of hydrogen-bond acceptors (Lipinski definition) is 5. The maximum atomic E-state index is 6.08. The van der Waals surface area contributed by atoms with E-state index < -0.39 is 0 Å². The van der Waals surface area contributed by atoms with Crippen molar-refractivity contribution in [2.24, 2.45) is 5.73 Å². The van der Waals surface area contributed by atoms with E-state index in [4.69, 9.17) is 24.7 Å². The van der Waals surface area contributed by atoms with Crippen molar-refractivity contribution in [3.63, 3.8) is 0 Å². The Kier molecular flexibility index (Phi) is 6.95. The number of hydrogen-bond donors (Lipinski definition) is 1. The summed E-state index contributed by atoms with van der Waals surface area (Å²) in [6.45, 7) is 3.03. The van der Waals surface area contributed by atoms with Crippen molar-refractivity contribution in [1.29, 1.82) is 0 Å². The van der Waals surface area contributed by atoms with Crippen molar-refractivity contribution in [2.75, 3.05) is 34.5 Å². The Labute approximate surface area is 149 Å². The Morgan fingerprint density at radius 1 is 0.960 bits per heavy atom.